The SMILES string of the molecule is N=C(N)c1c(Cl)cccc1Oc1cc(F)ccc1[N+](=O)[O-]. The lowest BCUT2D eigenvalue weighted by Crippen LogP contribution is -2.13. The van der Waals surface area contributed by atoms with Gasteiger partial charge in [-0.3, -0.25) is 15.5 Å². The molecule has 8 heteroatoms. The summed E-state index contributed by atoms with van der Waals surface area (Å²) in [6.45, 7) is 0. The lowest BCUT2D eigenvalue weighted by Gasteiger charge is -2.11. The van der Waals surface area contributed by atoms with Crippen LogP contribution in [-0.4, -0.2) is 10.8 Å². The number of hydrogen-bond donors (Lipinski definition) is 2. The highest BCUT2D eigenvalue weighted by atomic mass is 35.5. The Morgan fingerprint density at radius 3 is 2.67 bits per heavy atom. The summed E-state index contributed by atoms with van der Waals surface area (Å²) in [7, 11) is 0. The second-order valence-electron chi connectivity index (χ2n) is 4.00. The van der Waals surface area contributed by atoms with Crippen molar-refractivity contribution in [2.24, 2.45) is 5.73 Å². The fraction of sp³-hybridized carbons (Fsp3) is 0. The molecule has 0 atom stereocenters. The predicted molar refractivity (Wildman–Crippen MR) is 75.6 cm³/mol. The van der Waals surface area contributed by atoms with Crippen molar-refractivity contribution in [2.75, 3.05) is 0 Å². The maximum Gasteiger partial charge on any atom is 0.311 e. The quantitative estimate of drug-likeness (QED) is 0.390. The number of benzene rings is 2. The first-order valence-corrected chi connectivity index (χ1v) is 6.02. The molecule has 0 bridgehead atoms. The van der Waals surface area contributed by atoms with Crippen molar-refractivity contribution in [3.05, 3.63) is 62.9 Å². The maximum absolute atomic E-state index is 13.3. The van der Waals surface area contributed by atoms with E-state index in [1.807, 2.05) is 0 Å². The number of ether oxygens (including phenoxy) is 1. The number of rotatable bonds is 4. The first-order valence-electron chi connectivity index (χ1n) is 5.65. The van der Waals surface area contributed by atoms with Gasteiger partial charge in [0.1, 0.15) is 17.4 Å². The van der Waals surface area contributed by atoms with Gasteiger partial charge in [-0.05, 0) is 18.2 Å². The zero-order valence-electron chi connectivity index (χ0n) is 10.5. The summed E-state index contributed by atoms with van der Waals surface area (Å²) in [5.41, 5.74) is 5.08. The van der Waals surface area contributed by atoms with Gasteiger partial charge in [0.25, 0.3) is 0 Å². The molecule has 0 amide bonds. The smallest absolute Gasteiger partial charge is 0.311 e. The van der Waals surface area contributed by atoms with Crippen LogP contribution in [0.25, 0.3) is 0 Å². The van der Waals surface area contributed by atoms with Gasteiger partial charge in [0, 0.05) is 12.1 Å². The molecular weight excluding hydrogens is 301 g/mol. The minimum atomic E-state index is -0.702. The Labute approximate surface area is 123 Å². The molecule has 0 aliphatic carbocycles. The summed E-state index contributed by atoms with van der Waals surface area (Å²) in [5, 5.41) is 18.5. The van der Waals surface area contributed by atoms with Crippen molar-refractivity contribution in [3.63, 3.8) is 0 Å². The molecule has 0 fully saturated rings. The molecule has 6 nitrogen and oxygen atoms in total. The van der Waals surface area contributed by atoms with Crippen molar-refractivity contribution in [1.29, 1.82) is 5.41 Å². The van der Waals surface area contributed by atoms with Crippen LogP contribution in [0.3, 0.4) is 0 Å². The van der Waals surface area contributed by atoms with E-state index in [0.717, 1.165) is 18.2 Å². The molecule has 0 spiro atoms. The van der Waals surface area contributed by atoms with E-state index in [4.69, 9.17) is 27.5 Å². The molecule has 0 aromatic heterocycles. The fourth-order valence-electron chi connectivity index (χ4n) is 1.69. The average molecular weight is 310 g/mol. The van der Waals surface area contributed by atoms with E-state index in [-0.39, 0.29) is 27.9 Å². The van der Waals surface area contributed by atoms with Crippen LogP contribution in [0, 0.1) is 21.3 Å². The number of nitro benzene ring substituents is 1. The monoisotopic (exact) mass is 309 g/mol. The third-order valence-corrected chi connectivity index (χ3v) is 2.90. The summed E-state index contributed by atoms with van der Waals surface area (Å²) < 4.78 is 18.6. The predicted octanol–water partition coefficient (Wildman–Crippen LogP) is 3.46. The Bertz CT molecular complexity index is 737. The van der Waals surface area contributed by atoms with Crippen LogP contribution >= 0.6 is 11.6 Å². The Morgan fingerprint density at radius 2 is 2.05 bits per heavy atom. The Hall–Kier alpha value is -2.67. The van der Waals surface area contributed by atoms with E-state index in [2.05, 4.69) is 0 Å². The molecule has 3 N–H and O–H groups in total. The molecular formula is C13H9ClFN3O3. The summed E-state index contributed by atoms with van der Waals surface area (Å²) in [4.78, 5) is 10.2. The number of amidine groups is 1. The zero-order valence-corrected chi connectivity index (χ0v) is 11.2. The van der Waals surface area contributed by atoms with Gasteiger partial charge in [0.05, 0.1) is 15.5 Å². The van der Waals surface area contributed by atoms with Gasteiger partial charge in [-0.2, -0.15) is 0 Å². The van der Waals surface area contributed by atoms with Gasteiger partial charge < -0.3 is 10.5 Å². The lowest BCUT2D eigenvalue weighted by atomic mass is 10.2. The van der Waals surface area contributed by atoms with Crippen molar-refractivity contribution in [1.82, 2.24) is 0 Å². The number of halogens is 2. The highest BCUT2D eigenvalue weighted by Gasteiger charge is 2.19. The third-order valence-electron chi connectivity index (χ3n) is 2.58. The molecule has 0 saturated carbocycles. The molecule has 2 rings (SSSR count). The lowest BCUT2D eigenvalue weighted by molar-refractivity contribution is -0.385. The van der Waals surface area contributed by atoms with Gasteiger partial charge in [0.2, 0.25) is 5.75 Å². The number of hydrogen-bond acceptors (Lipinski definition) is 4. The number of nitrogens with one attached hydrogen (secondary N) is 1. The first-order chi connectivity index (χ1) is 9.90. The van der Waals surface area contributed by atoms with Gasteiger partial charge in [-0.1, -0.05) is 17.7 Å². The Balaban J connectivity index is 2.53. The van der Waals surface area contributed by atoms with E-state index in [1.54, 1.807) is 0 Å². The molecule has 0 heterocycles. The summed E-state index contributed by atoms with van der Waals surface area (Å²) in [5.74, 6) is -1.33. The van der Waals surface area contributed by atoms with Crippen LogP contribution in [0.5, 0.6) is 11.5 Å². The summed E-state index contributed by atoms with van der Waals surface area (Å²) in [6.07, 6.45) is 0. The zero-order chi connectivity index (χ0) is 15.6. The van der Waals surface area contributed by atoms with Crippen LogP contribution in [0.4, 0.5) is 10.1 Å². The minimum Gasteiger partial charge on any atom is -0.449 e. The second kappa shape index (κ2) is 5.76. The standard InChI is InChI=1S/C13H9ClFN3O3/c14-8-2-1-3-10(12(8)13(16)17)21-11-6-7(15)4-5-9(11)18(19)20/h1-6H,(H3,16,17). The molecule has 0 saturated heterocycles. The van der Waals surface area contributed by atoms with Gasteiger partial charge in [-0.25, -0.2) is 4.39 Å². The topological polar surface area (TPSA) is 102 Å². The van der Waals surface area contributed by atoms with E-state index in [1.165, 1.54) is 18.2 Å². The van der Waals surface area contributed by atoms with Crippen LogP contribution < -0.4 is 10.5 Å². The molecule has 2 aromatic rings. The Morgan fingerprint density at radius 1 is 1.33 bits per heavy atom. The minimum absolute atomic E-state index is 0.0312. The van der Waals surface area contributed by atoms with Crippen molar-refractivity contribution in [2.45, 2.75) is 0 Å². The van der Waals surface area contributed by atoms with E-state index in [9.17, 15) is 14.5 Å². The van der Waals surface area contributed by atoms with Crippen LogP contribution in [0.15, 0.2) is 36.4 Å². The number of nitrogen functional groups attached to an aromatic ring is 1. The van der Waals surface area contributed by atoms with E-state index < -0.39 is 16.4 Å². The molecule has 0 radical (unpaired) electrons. The second-order valence-corrected chi connectivity index (χ2v) is 4.41. The maximum atomic E-state index is 13.3. The number of nitrogens with zero attached hydrogens (tertiary/aromatic N) is 1. The van der Waals surface area contributed by atoms with E-state index in [0.29, 0.717) is 0 Å². The number of nitro groups is 1. The largest absolute Gasteiger partial charge is 0.449 e. The molecule has 0 aliphatic heterocycles. The Kier molecular flexibility index (Phi) is 4.04. The fourth-order valence-corrected chi connectivity index (χ4v) is 1.96. The molecule has 0 aliphatic rings. The van der Waals surface area contributed by atoms with Gasteiger partial charge in [0.15, 0.2) is 0 Å². The molecule has 2 aromatic carbocycles. The first kappa shape index (κ1) is 14.7. The molecule has 21 heavy (non-hydrogen) atoms. The number of nitrogens with two attached hydrogens (primary N) is 1. The van der Waals surface area contributed by atoms with Crippen LogP contribution in [-0.2, 0) is 0 Å². The highest BCUT2D eigenvalue weighted by Crippen LogP contribution is 2.35. The van der Waals surface area contributed by atoms with Gasteiger partial charge >= 0.3 is 5.69 Å². The summed E-state index contributed by atoms with van der Waals surface area (Å²) >= 11 is 5.92. The van der Waals surface area contributed by atoms with Crippen molar-refractivity contribution < 1.29 is 14.1 Å². The van der Waals surface area contributed by atoms with Crippen molar-refractivity contribution >= 4 is 23.1 Å². The summed E-state index contributed by atoms with van der Waals surface area (Å²) in [6, 6.07) is 7.26. The molecule has 108 valence electrons. The third kappa shape index (κ3) is 3.09. The normalized spacial score (nSPS) is 10.2. The average Bonchev–Trinajstić information content (AvgIpc) is 2.37. The van der Waals surface area contributed by atoms with Crippen LogP contribution in [0.2, 0.25) is 5.02 Å². The van der Waals surface area contributed by atoms with Crippen LogP contribution in [0.1, 0.15) is 5.56 Å². The van der Waals surface area contributed by atoms with Crippen molar-refractivity contribution in [3.8, 4) is 11.5 Å². The highest BCUT2D eigenvalue weighted by molar-refractivity contribution is 6.34. The van der Waals surface area contributed by atoms with E-state index >= 15 is 0 Å². The molecule has 0 unspecified atom stereocenters. The van der Waals surface area contributed by atoms with Gasteiger partial charge in [-0.15, -0.1) is 0 Å².